The summed E-state index contributed by atoms with van der Waals surface area (Å²) in [7, 11) is 1.66. The summed E-state index contributed by atoms with van der Waals surface area (Å²) in [5, 5.41) is 11.0. The number of piperidine rings is 2. The first-order chi connectivity index (χ1) is 19.7. The van der Waals surface area contributed by atoms with E-state index in [1.54, 1.807) is 16.8 Å². The molecule has 2 saturated heterocycles. The number of rotatable bonds is 8. The highest BCUT2D eigenvalue weighted by Crippen LogP contribution is 2.39. The second-order valence-corrected chi connectivity index (χ2v) is 11.0. The predicted octanol–water partition coefficient (Wildman–Crippen LogP) is 7.15. The molecule has 42 heavy (non-hydrogen) atoms. The van der Waals surface area contributed by atoms with Crippen LogP contribution < -0.4 is 9.80 Å². The average molecular weight is 601 g/mol. The van der Waals surface area contributed by atoms with Gasteiger partial charge in [-0.05, 0) is 80.8 Å². The topological polar surface area (TPSA) is 69.9 Å². The Morgan fingerprint density at radius 3 is 2.10 bits per heavy atom. The van der Waals surface area contributed by atoms with Gasteiger partial charge in [0.15, 0.2) is 0 Å². The molecule has 7 nitrogen and oxygen atoms in total. The summed E-state index contributed by atoms with van der Waals surface area (Å²) in [5.74, 6) is 0.499. The summed E-state index contributed by atoms with van der Waals surface area (Å²) in [5.41, 5.74) is -1.91. The van der Waals surface area contributed by atoms with Crippen molar-refractivity contribution in [2.75, 3.05) is 43.0 Å². The smallest absolute Gasteiger partial charge is 0.372 e. The molecule has 4 rings (SSSR count). The fraction of sp³-hybridized carbons (Fsp3) is 0.552. The van der Waals surface area contributed by atoms with Gasteiger partial charge in [0.1, 0.15) is 5.56 Å². The van der Waals surface area contributed by atoms with E-state index >= 15 is 0 Å². The third kappa shape index (κ3) is 7.65. The first kappa shape index (κ1) is 31.4. The van der Waals surface area contributed by atoms with E-state index in [0.717, 1.165) is 68.7 Å². The summed E-state index contributed by atoms with van der Waals surface area (Å²) in [4.78, 5) is 28.4. The van der Waals surface area contributed by atoms with Crippen LogP contribution in [-0.4, -0.2) is 55.0 Å². The van der Waals surface area contributed by atoms with Crippen LogP contribution in [0.2, 0.25) is 0 Å². The molecular formula is C29H34F6N4O3. The number of hydrogen-bond donors (Lipinski definition) is 0. The van der Waals surface area contributed by atoms with Crippen molar-refractivity contribution in [2.24, 2.45) is 5.92 Å². The van der Waals surface area contributed by atoms with E-state index in [9.17, 15) is 41.3 Å². The maximum atomic E-state index is 13.4. The van der Waals surface area contributed by atoms with Crippen LogP contribution in [0, 0.1) is 16.0 Å². The summed E-state index contributed by atoms with van der Waals surface area (Å²) < 4.78 is 78.6. The summed E-state index contributed by atoms with van der Waals surface area (Å²) >= 11 is 0. The van der Waals surface area contributed by atoms with Crippen LogP contribution in [0.3, 0.4) is 0 Å². The Bertz CT molecular complexity index is 1240. The van der Waals surface area contributed by atoms with Gasteiger partial charge in [-0.1, -0.05) is 0 Å². The molecule has 0 saturated carbocycles. The maximum absolute atomic E-state index is 13.4. The van der Waals surface area contributed by atoms with Crippen LogP contribution in [-0.2, 0) is 17.1 Å². The molecule has 0 atom stereocenters. The van der Waals surface area contributed by atoms with Crippen molar-refractivity contribution in [3.63, 3.8) is 0 Å². The third-order valence-corrected chi connectivity index (χ3v) is 8.43. The van der Waals surface area contributed by atoms with Crippen LogP contribution in [0.5, 0.6) is 0 Å². The molecule has 0 unspecified atom stereocenters. The molecular weight excluding hydrogens is 566 g/mol. The quantitative estimate of drug-likeness (QED) is 0.183. The Kier molecular flexibility index (Phi) is 9.56. The van der Waals surface area contributed by atoms with Gasteiger partial charge in [0.25, 0.3) is 5.69 Å². The fourth-order valence-electron chi connectivity index (χ4n) is 5.88. The zero-order chi connectivity index (χ0) is 30.7. The Hall–Kier alpha value is -3.51. The van der Waals surface area contributed by atoms with Crippen molar-refractivity contribution >= 4 is 23.0 Å². The predicted molar refractivity (Wildman–Crippen MR) is 146 cm³/mol. The van der Waals surface area contributed by atoms with Crippen molar-refractivity contribution in [1.82, 2.24) is 4.90 Å². The number of hydrogen-bond acceptors (Lipinski definition) is 5. The largest absolute Gasteiger partial charge is 0.423 e. The van der Waals surface area contributed by atoms with E-state index < -0.39 is 34.1 Å². The van der Waals surface area contributed by atoms with Crippen LogP contribution >= 0.6 is 0 Å². The number of nitro benzene ring substituents is 1. The lowest BCUT2D eigenvalue weighted by Crippen LogP contribution is -2.45. The average Bonchev–Trinajstić information content (AvgIpc) is 2.96. The van der Waals surface area contributed by atoms with Crippen LogP contribution in [0.4, 0.5) is 43.4 Å². The Morgan fingerprint density at radius 2 is 1.55 bits per heavy atom. The molecule has 13 heteroatoms. The van der Waals surface area contributed by atoms with Crippen molar-refractivity contribution in [1.29, 1.82) is 0 Å². The molecule has 2 aliphatic rings. The molecule has 2 aliphatic heterocycles. The summed E-state index contributed by atoms with van der Waals surface area (Å²) in [6, 6.07) is 8.13. The standard InChI is InChI=1S/C29H34F6N4O3/c1-36(24-9-10-26(39(41)42)25(19-24)29(33,34)35)22-13-17-38(18-14-22)27(40)4-2-3-20-11-15-37(16-12-20)23-7-5-21(6-8-23)28(30,31)32/h5-10,19-20,22H,2-4,11-18H2,1H3. The van der Waals surface area contributed by atoms with E-state index in [1.807, 2.05) is 0 Å². The molecule has 0 bridgehead atoms. The molecule has 0 radical (unpaired) electrons. The highest BCUT2D eigenvalue weighted by Gasteiger charge is 2.39. The molecule has 0 N–H and O–H groups in total. The van der Waals surface area contributed by atoms with E-state index in [0.29, 0.717) is 38.3 Å². The molecule has 0 spiro atoms. The molecule has 2 fully saturated rings. The van der Waals surface area contributed by atoms with Gasteiger partial charge in [-0.3, -0.25) is 14.9 Å². The number of halogens is 6. The zero-order valence-electron chi connectivity index (χ0n) is 23.3. The van der Waals surface area contributed by atoms with E-state index in [4.69, 9.17) is 0 Å². The van der Waals surface area contributed by atoms with Gasteiger partial charge in [0.2, 0.25) is 5.91 Å². The third-order valence-electron chi connectivity index (χ3n) is 8.43. The Balaban J connectivity index is 1.19. The number of nitrogens with zero attached hydrogens (tertiary/aromatic N) is 4. The number of alkyl halides is 6. The molecule has 230 valence electrons. The number of anilines is 2. The lowest BCUT2D eigenvalue weighted by molar-refractivity contribution is -0.388. The summed E-state index contributed by atoms with van der Waals surface area (Å²) in [6.07, 6.45) is -4.19. The van der Waals surface area contributed by atoms with Crippen LogP contribution in [0.15, 0.2) is 42.5 Å². The molecule has 0 aromatic heterocycles. The lowest BCUT2D eigenvalue weighted by atomic mass is 9.91. The molecule has 0 aliphatic carbocycles. The minimum atomic E-state index is -4.85. The second kappa shape index (κ2) is 12.8. The van der Waals surface area contributed by atoms with Gasteiger partial charge < -0.3 is 14.7 Å². The second-order valence-electron chi connectivity index (χ2n) is 11.0. The number of carbonyl (C=O) groups excluding carboxylic acids is 1. The molecule has 2 aromatic rings. The number of likely N-dealkylation sites (tertiary alicyclic amines) is 1. The van der Waals surface area contributed by atoms with Crippen LogP contribution in [0.25, 0.3) is 0 Å². The monoisotopic (exact) mass is 600 g/mol. The lowest BCUT2D eigenvalue weighted by Gasteiger charge is -2.38. The number of benzene rings is 2. The van der Waals surface area contributed by atoms with E-state index in [1.165, 1.54) is 18.2 Å². The van der Waals surface area contributed by atoms with Crippen LogP contribution in [0.1, 0.15) is 56.1 Å². The highest BCUT2D eigenvalue weighted by atomic mass is 19.4. The molecule has 2 aromatic carbocycles. The number of carbonyl (C=O) groups is 1. The van der Waals surface area contributed by atoms with E-state index in [2.05, 4.69) is 4.90 Å². The van der Waals surface area contributed by atoms with Gasteiger partial charge in [-0.15, -0.1) is 0 Å². The fourth-order valence-corrected chi connectivity index (χ4v) is 5.88. The van der Waals surface area contributed by atoms with Gasteiger partial charge >= 0.3 is 12.4 Å². The highest BCUT2D eigenvalue weighted by molar-refractivity contribution is 5.76. The van der Waals surface area contributed by atoms with Crippen molar-refractivity contribution < 1.29 is 36.1 Å². The number of amides is 1. The molecule has 2 heterocycles. The maximum Gasteiger partial charge on any atom is 0.423 e. The first-order valence-electron chi connectivity index (χ1n) is 14.0. The van der Waals surface area contributed by atoms with Gasteiger partial charge in [-0.2, -0.15) is 26.3 Å². The minimum Gasteiger partial charge on any atom is -0.372 e. The van der Waals surface area contributed by atoms with Crippen molar-refractivity contribution in [2.45, 2.75) is 63.3 Å². The molecule has 1 amide bonds. The Labute approximate surface area is 240 Å². The minimum absolute atomic E-state index is 0.0491. The van der Waals surface area contributed by atoms with Gasteiger partial charge in [0.05, 0.1) is 10.5 Å². The number of nitro groups is 1. The van der Waals surface area contributed by atoms with Gasteiger partial charge in [-0.25, -0.2) is 0 Å². The summed E-state index contributed by atoms with van der Waals surface area (Å²) in [6.45, 7) is 2.48. The van der Waals surface area contributed by atoms with E-state index in [-0.39, 0.29) is 17.6 Å². The Morgan fingerprint density at radius 1 is 0.929 bits per heavy atom. The zero-order valence-corrected chi connectivity index (χ0v) is 23.3. The van der Waals surface area contributed by atoms with Crippen molar-refractivity contribution in [3.05, 3.63) is 63.7 Å². The van der Waals surface area contributed by atoms with Gasteiger partial charge in [0, 0.05) is 63.1 Å². The SMILES string of the molecule is CN(c1ccc([N+](=O)[O-])c(C(F)(F)F)c1)C1CCN(C(=O)CCCC2CCN(c3ccc(C(F)(F)F)cc3)CC2)CC1. The first-order valence-corrected chi connectivity index (χ1v) is 14.0. The van der Waals surface area contributed by atoms with Crippen molar-refractivity contribution in [3.8, 4) is 0 Å². The normalized spacial score (nSPS) is 17.4.